The molecule has 1 heterocycles. The smallest absolute Gasteiger partial charge is 0.335 e. The van der Waals surface area contributed by atoms with Gasteiger partial charge in [0.1, 0.15) is 12.2 Å². The third kappa shape index (κ3) is 4.21. The monoisotopic (exact) mass is 468 g/mol. The van der Waals surface area contributed by atoms with E-state index in [2.05, 4.69) is 27.2 Å². The number of rotatable bonds is 5. The zero-order valence-corrected chi connectivity index (χ0v) is 17.8. The van der Waals surface area contributed by atoms with Crippen LogP contribution in [0.2, 0.25) is 0 Å². The van der Waals surface area contributed by atoms with E-state index in [0.717, 1.165) is 10.5 Å². The van der Waals surface area contributed by atoms with E-state index in [9.17, 15) is 14.4 Å². The Bertz CT molecular complexity index is 1120. The fraction of sp³-hybridized carbons (Fsp3) is 0.136. The third-order valence-electron chi connectivity index (χ3n) is 4.22. The van der Waals surface area contributed by atoms with Crippen molar-refractivity contribution in [2.24, 2.45) is 0 Å². The molecular weight excluding hydrogens is 452 g/mol. The van der Waals surface area contributed by atoms with E-state index in [1.165, 1.54) is 13.2 Å². The molecule has 1 saturated heterocycles. The van der Waals surface area contributed by atoms with E-state index in [1.807, 2.05) is 13.0 Å². The van der Waals surface area contributed by atoms with Gasteiger partial charge in [-0.1, -0.05) is 18.1 Å². The number of carbonyl (C=O) groups excluding carboxylic acids is 3. The lowest BCUT2D eigenvalue weighted by molar-refractivity contribution is -0.122. The number of urea groups is 1. The van der Waals surface area contributed by atoms with E-state index in [1.54, 1.807) is 30.3 Å². The minimum atomic E-state index is -0.801. The van der Waals surface area contributed by atoms with Crippen LogP contribution in [0.3, 0.4) is 0 Å². The van der Waals surface area contributed by atoms with Crippen LogP contribution >= 0.6 is 15.9 Å². The van der Waals surface area contributed by atoms with Crippen molar-refractivity contribution in [2.75, 3.05) is 18.6 Å². The molecule has 152 valence electrons. The van der Waals surface area contributed by atoms with Crippen molar-refractivity contribution in [2.45, 2.75) is 6.92 Å². The van der Waals surface area contributed by atoms with Crippen LogP contribution < -0.4 is 19.7 Å². The Morgan fingerprint density at radius 3 is 2.67 bits per heavy atom. The van der Waals surface area contributed by atoms with Crippen LogP contribution in [0.25, 0.3) is 6.08 Å². The summed E-state index contributed by atoms with van der Waals surface area (Å²) in [6, 6.07) is 9.31. The molecule has 4 amide bonds. The SMILES string of the molecule is C#CCOc1c(Br)cc(/C=C2\C(=O)NC(=O)N(c3cccc(C)c3)C2=O)cc1OC. The van der Waals surface area contributed by atoms with Crippen LogP contribution in [0, 0.1) is 19.3 Å². The molecule has 0 aliphatic carbocycles. The van der Waals surface area contributed by atoms with Crippen LogP contribution in [0.4, 0.5) is 10.5 Å². The van der Waals surface area contributed by atoms with Gasteiger partial charge in [0, 0.05) is 0 Å². The summed E-state index contributed by atoms with van der Waals surface area (Å²) in [6.45, 7) is 1.88. The fourth-order valence-corrected chi connectivity index (χ4v) is 3.48. The quantitative estimate of drug-likeness (QED) is 0.412. The number of carbonyl (C=O) groups is 3. The Morgan fingerprint density at radius 2 is 2.00 bits per heavy atom. The Labute approximate surface area is 181 Å². The maximum absolute atomic E-state index is 13.0. The molecule has 0 aromatic heterocycles. The first-order valence-corrected chi connectivity index (χ1v) is 9.57. The molecule has 1 N–H and O–H groups in total. The minimum absolute atomic E-state index is 0.0455. The summed E-state index contributed by atoms with van der Waals surface area (Å²) < 4.78 is 11.3. The second kappa shape index (κ2) is 8.84. The van der Waals surface area contributed by atoms with Crippen LogP contribution in [0.15, 0.2) is 46.4 Å². The molecular formula is C22H17BrN2O5. The minimum Gasteiger partial charge on any atom is -0.493 e. The number of hydrogen-bond acceptors (Lipinski definition) is 5. The van der Waals surface area contributed by atoms with E-state index in [-0.39, 0.29) is 12.2 Å². The molecule has 0 atom stereocenters. The second-order valence-electron chi connectivity index (χ2n) is 6.32. The van der Waals surface area contributed by atoms with Gasteiger partial charge >= 0.3 is 6.03 Å². The van der Waals surface area contributed by atoms with Crippen LogP contribution in [0.1, 0.15) is 11.1 Å². The highest BCUT2D eigenvalue weighted by Gasteiger charge is 2.36. The molecule has 2 aromatic carbocycles. The number of methoxy groups -OCH3 is 1. The number of barbiturate groups is 1. The zero-order valence-electron chi connectivity index (χ0n) is 16.2. The molecule has 0 bridgehead atoms. The lowest BCUT2D eigenvalue weighted by Crippen LogP contribution is -2.54. The van der Waals surface area contributed by atoms with Gasteiger partial charge in [0.15, 0.2) is 11.5 Å². The number of aryl methyl sites for hydroxylation is 1. The van der Waals surface area contributed by atoms with Gasteiger partial charge < -0.3 is 9.47 Å². The lowest BCUT2D eigenvalue weighted by atomic mass is 10.1. The number of nitrogens with one attached hydrogen (secondary N) is 1. The van der Waals surface area contributed by atoms with Crippen molar-refractivity contribution >= 4 is 45.5 Å². The Kier molecular flexibility index (Phi) is 6.23. The highest BCUT2D eigenvalue weighted by Crippen LogP contribution is 2.37. The molecule has 8 heteroatoms. The maximum atomic E-state index is 13.0. The second-order valence-corrected chi connectivity index (χ2v) is 7.18. The molecule has 0 spiro atoms. The summed E-state index contributed by atoms with van der Waals surface area (Å²) in [6.07, 6.45) is 6.61. The van der Waals surface area contributed by atoms with E-state index >= 15 is 0 Å². The number of nitrogens with zero attached hydrogens (tertiary/aromatic N) is 1. The summed E-state index contributed by atoms with van der Waals surface area (Å²) in [4.78, 5) is 38.6. The van der Waals surface area contributed by atoms with Crippen molar-refractivity contribution in [3.63, 3.8) is 0 Å². The summed E-state index contributed by atoms with van der Waals surface area (Å²) >= 11 is 3.38. The number of imide groups is 2. The maximum Gasteiger partial charge on any atom is 0.335 e. The number of ether oxygens (including phenoxy) is 2. The van der Waals surface area contributed by atoms with E-state index < -0.39 is 17.8 Å². The van der Waals surface area contributed by atoms with Gasteiger partial charge in [0.05, 0.1) is 17.3 Å². The van der Waals surface area contributed by atoms with Gasteiger partial charge in [-0.2, -0.15) is 0 Å². The Hall–Kier alpha value is -3.57. The molecule has 1 aliphatic rings. The molecule has 30 heavy (non-hydrogen) atoms. The molecule has 0 saturated carbocycles. The Morgan fingerprint density at radius 1 is 1.23 bits per heavy atom. The number of hydrogen-bond donors (Lipinski definition) is 1. The van der Waals surface area contributed by atoms with Gasteiger partial charge in [-0.15, -0.1) is 6.42 Å². The molecule has 7 nitrogen and oxygen atoms in total. The van der Waals surface area contributed by atoms with Crippen molar-refractivity contribution in [1.29, 1.82) is 0 Å². The predicted molar refractivity (Wildman–Crippen MR) is 115 cm³/mol. The van der Waals surface area contributed by atoms with E-state index in [4.69, 9.17) is 15.9 Å². The largest absolute Gasteiger partial charge is 0.493 e. The first-order chi connectivity index (χ1) is 14.3. The van der Waals surface area contributed by atoms with Gasteiger partial charge in [-0.3, -0.25) is 14.9 Å². The Balaban J connectivity index is 2.02. The van der Waals surface area contributed by atoms with Gasteiger partial charge in [-0.25, -0.2) is 9.69 Å². The fourth-order valence-electron chi connectivity index (χ4n) is 2.90. The highest BCUT2D eigenvalue weighted by atomic mass is 79.9. The number of terminal acetylenes is 1. The van der Waals surface area contributed by atoms with Gasteiger partial charge in [0.25, 0.3) is 11.8 Å². The number of halogens is 1. The van der Waals surface area contributed by atoms with Crippen molar-refractivity contribution in [3.8, 4) is 23.8 Å². The third-order valence-corrected chi connectivity index (χ3v) is 4.81. The van der Waals surface area contributed by atoms with Crippen LogP contribution in [0.5, 0.6) is 11.5 Å². The number of amides is 4. The first kappa shape index (κ1) is 21.1. The number of benzene rings is 2. The van der Waals surface area contributed by atoms with Crippen LogP contribution in [-0.2, 0) is 9.59 Å². The average Bonchev–Trinajstić information content (AvgIpc) is 2.70. The average molecular weight is 469 g/mol. The summed E-state index contributed by atoms with van der Waals surface area (Å²) in [5.74, 6) is 1.62. The van der Waals surface area contributed by atoms with Crippen molar-refractivity contribution in [1.82, 2.24) is 5.32 Å². The normalized spacial score (nSPS) is 15.1. The molecule has 1 fully saturated rings. The standard InChI is InChI=1S/C22H17BrN2O5/c1-4-8-30-19-17(23)11-14(12-18(19)29-3)10-16-20(26)24-22(28)25(21(16)27)15-7-5-6-13(2)9-15/h1,5-7,9-12H,8H2,2-3H3,(H,24,26,28)/b16-10+. The van der Waals surface area contributed by atoms with E-state index in [0.29, 0.717) is 27.2 Å². The van der Waals surface area contributed by atoms with Crippen molar-refractivity contribution < 1.29 is 23.9 Å². The first-order valence-electron chi connectivity index (χ1n) is 8.77. The molecule has 2 aromatic rings. The predicted octanol–water partition coefficient (Wildman–Crippen LogP) is 3.44. The molecule has 0 radical (unpaired) electrons. The van der Waals surface area contributed by atoms with Gasteiger partial charge in [0.2, 0.25) is 0 Å². The highest BCUT2D eigenvalue weighted by molar-refractivity contribution is 9.10. The molecule has 3 rings (SSSR count). The number of anilines is 1. The topological polar surface area (TPSA) is 84.9 Å². The van der Waals surface area contributed by atoms with Crippen molar-refractivity contribution in [3.05, 3.63) is 57.6 Å². The molecule has 1 aliphatic heterocycles. The van der Waals surface area contributed by atoms with Crippen LogP contribution in [-0.4, -0.2) is 31.6 Å². The summed E-state index contributed by atoms with van der Waals surface area (Å²) in [5, 5.41) is 2.20. The summed E-state index contributed by atoms with van der Waals surface area (Å²) in [7, 11) is 1.46. The zero-order chi connectivity index (χ0) is 21.8. The molecule has 0 unspecified atom stereocenters. The lowest BCUT2D eigenvalue weighted by Gasteiger charge is -2.26. The van der Waals surface area contributed by atoms with Gasteiger partial charge in [-0.05, 0) is 64.3 Å². The summed E-state index contributed by atoms with van der Waals surface area (Å²) in [5.41, 5.74) is 1.53.